The molecule has 1 fully saturated rings. The third kappa shape index (κ3) is 6.92. The van der Waals surface area contributed by atoms with E-state index in [1.165, 1.54) is 25.7 Å². The number of carbonyl (C=O) groups is 1. The van der Waals surface area contributed by atoms with Crippen molar-refractivity contribution in [3.05, 3.63) is 0 Å². The monoisotopic (exact) mass is 270 g/mol. The molecule has 2 N–H and O–H groups in total. The van der Waals surface area contributed by atoms with E-state index in [2.05, 4.69) is 17.6 Å². The molecule has 0 bridgehead atoms. The van der Waals surface area contributed by atoms with Crippen LogP contribution in [0.2, 0.25) is 0 Å². The summed E-state index contributed by atoms with van der Waals surface area (Å²) < 4.78 is 4.95. The van der Waals surface area contributed by atoms with Crippen LogP contribution >= 0.6 is 0 Å². The van der Waals surface area contributed by atoms with E-state index < -0.39 is 0 Å². The molecule has 1 atom stereocenters. The highest BCUT2D eigenvalue weighted by Crippen LogP contribution is 2.27. The van der Waals surface area contributed by atoms with Gasteiger partial charge in [0.2, 0.25) is 5.91 Å². The zero-order chi connectivity index (χ0) is 14.1. The zero-order valence-electron chi connectivity index (χ0n) is 12.7. The van der Waals surface area contributed by atoms with Gasteiger partial charge >= 0.3 is 0 Å². The Labute approximate surface area is 117 Å². The molecule has 1 aliphatic carbocycles. The van der Waals surface area contributed by atoms with Crippen molar-refractivity contribution in [2.75, 3.05) is 26.8 Å². The standard InChI is InChI=1S/C15H30N2O2/c1-12-5-7-14(8-6-12)11-17-13(2)15(18)16-9-4-10-19-3/h12-14,17H,4-11H2,1-3H3,(H,16,18). The Kier molecular flexibility index (Phi) is 8.07. The number of hydrogen-bond acceptors (Lipinski definition) is 3. The van der Waals surface area contributed by atoms with E-state index in [1.807, 2.05) is 6.92 Å². The van der Waals surface area contributed by atoms with Gasteiger partial charge in [-0.1, -0.05) is 19.8 Å². The first-order valence-corrected chi connectivity index (χ1v) is 7.63. The molecular weight excluding hydrogens is 240 g/mol. The summed E-state index contributed by atoms with van der Waals surface area (Å²) in [6.45, 7) is 6.64. The number of ether oxygens (including phenoxy) is 1. The molecule has 1 aliphatic rings. The van der Waals surface area contributed by atoms with Crippen LogP contribution in [-0.2, 0) is 9.53 Å². The minimum atomic E-state index is -0.0955. The quantitative estimate of drug-likeness (QED) is 0.663. The summed E-state index contributed by atoms with van der Waals surface area (Å²) in [7, 11) is 1.68. The number of hydrogen-bond donors (Lipinski definition) is 2. The number of amides is 1. The molecule has 0 aromatic heterocycles. The average molecular weight is 270 g/mol. The summed E-state index contributed by atoms with van der Waals surface area (Å²) >= 11 is 0. The van der Waals surface area contributed by atoms with E-state index in [4.69, 9.17) is 4.74 Å². The van der Waals surface area contributed by atoms with Crippen molar-refractivity contribution in [1.82, 2.24) is 10.6 Å². The number of rotatable bonds is 8. The van der Waals surface area contributed by atoms with Crippen LogP contribution in [0.4, 0.5) is 0 Å². The molecule has 0 radical (unpaired) electrons. The van der Waals surface area contributed by atoms with Crippen molar-refractivity contribution in [2.45, 2.75) is 52.0 Å². The van der Waals surface area contributed by atoms with Gasteiger partial charge in [-0.25, -0.2) is 0 Å². The van der Waals surface area contributed by atoms with E-state index in [0.29, 0.717) is 13.2 Å². The SMILES string of the molecule is COCCCNC(=O)C(C)NCC1CCC(C)CC1. The predicted molar refractivity (Wildman–Crippen MR) is 78.1 cm³/mol. The number of nitrogens with one attached hydrogen (secondary N) is 2. The lowest BCUT2D eigenvalue weighted by Crippen LogP contribution is -2.44. The fourth-order valence-corrected chi connectivity index (χ4v) is 2.55. The van der Waals surface area contributed by atoms with Gasteiger partial charge in [0.1, 0.15) is 0 Å². The first-order valence-electron chi connectivity index (χ1n) is 7.63. The molecule has 0 spiro atoms. The average Bonchev–Trinajstić information content (AvgIpc) is 2.42. The summed E-state index contributed by atoms with van der Waals surface area (Å²) in [4.78, 5) is 11.8. The minimum Gasteiger partial charge on any atom is -0.385 e. The van der Waals surface area contributed by atoms with Crippen LogP contribution in [0.5, 0.6) is 0 Å². The van der Waals surface area contributed by atoms with Gasteiger partial charge in [-0.3, -0.25) is 4.79 Å². The highest BCUT2D eigenvalue weighted by molar-refractivity contribution is 5.81. The molecule has 0 aliphatic heterocycles. The van der Waals surface area contributed by atoms with Crippen LogP contribution in [0.3, 0.4) is 0 Å². The van der Waals surface area contributed by atoms with E-state index in [1.54, 1.807) is 7.11 Å². The van der Waals surface area contributed by atoms with Crippen LogP contribution in [0.25, 0.3) is 0 Å². The molecule has 112 valence electrons. The zero-order valence-corrected chi connectivity index (χ0v) is 12.7. The molecule has 1 saturated carbocycles. The summed E-state index contributed by atoms with van der Waals surface area (Å²) in [5.41, 5.74) is 0. The summed E-state index contributed by atoms with van der Waals surface area (Å²) in [5, 5.41) is 6.30. The fourth-order valence-electron chi connectivity index (χ4n) is 2.55. The highest BCUT2D eigenvalue weighted by Gasteiger charge is 2.19. The lowest BCUT2D eigenvalue weighted by atomic mass is 9.83. The molecule has 1 unspecified atom stereocenters. The molecule has 19 heavy (non-hydrogen) atoms. The van der Waals surface area contributed by atoms with Crippen LogP contribution in [0.15, 0.2) is 0 Å². The summed E-state index contributed by atoms with van der Waals surface area (Å²) in [5.74, 6) is 1.73. The van der Waals surface area contributed by atoms with E-state index in [9.17, 15) is 4.79 Å². The largest absolute Gasteiger partial charge is 0.385 e. The molecular formula is C15H30N2O2. The van der Waals surface area contributed by atoms with Crippen molar-refractivity contribution < 1.29 is 9.53 Å². The smallest absolute Gasteiger partial charge is 0.236 e. The maximum atomic E-state index is 11.8. The van der Waals surface area contributed by atoms with E-state index >= 15 is 0 Å². The van der Waals surface area contributed by atoms with Gasteiger partial charge in [0.05, 0.1) is 6.04 Å². The highest BCUT2D eigenvalue weighted by atomic mass is 16.5. The lowest BCUT2D eigenvalue weighted by molar-refractivity contribution is -0.122. The molecule has 0 aromatic carbocycles. The third-order valence-electron chi connectivity index (χ3n) is 4.07. The van der Waals surface area contributed by atoms with Crippen LogP contribution < -0.4 is 10.6 Å². The van der Waals surface area contributed by atoms with Crippen molar-refractivity contribution in [3.8, 4) is 0 Å². The third-order valence-corrected chi connectivity index (χ3v) is 4.07. The maximum Gasteiger partial charge on any atom is 0.236 e. The Morgan fingerprint density at radius 2 is 2.00 bits per heavy atom. The van der Waals surface area contributed by atoms with Crippen molar-refractivity contribution in [3.63, 3.8) is 0 Å². The van der Waals surface area contributed by atoms with Crippen molar-refractivity contribution >= 4 is 5.91 Å². The fraction of sp³-hybridized carbons (Fsp3) is 0.933. The van der Waals surface area contributed by atoms with Gasteiger partial charge in [-0.2, -0.15) is 0 Å². The van der Waals surface area contributed by atoms with E-state index in [-0.39, 0.29) is 11.9 Å². The molecule has 0 aromatic rings. The molecule has 1 amide bonds. The Balaban J connectivity index is 2.09. The molecule has 0 saturated heterocycles. The summed E-state index contributed by atoms with van der Waals surface area (Å²) in [6, 6.07) is -0.0955. The Bertz CT molecular complexity index is 251. The molecule has 1 rings (SSSR count). The minimum absolute atomic E-state index is 0.0955. The first-order chi connectivity index (χ1) is 9.13. The van der Waals surface area contributed by atoms with Gasteiger partial charge in [0, 0.05) is 20.3 Å². The van der Waals surface area contributed by atoms with Gasteiger partial charge in [0.25, 0.3) is 0 Å². The maximum absolute atomic E-state index is 11.8. The van der Waals surface area contributed by atoms with Gasteiger partial charge < -0.3 is 15.4 Å². The Hall–Kier alpha value is -0.610. The summed E-state index contributed by atoms with van der Waals surface area (Å²) in [6.07, 6.45) is 6.15. The van der Waals surface area contributed by atoms with Crippen LogP contribution in [0, 0.1) is 11.8 Å². The second-order valence-electron chi connectivity index (χ2n) is 5.89. The number of methoxy groups -OCH3 is 1. The van der Waals surface area contributed by atoms with Crippen molar-refractivity contribution in [1.29, 1.82) is 0 Å². The van der Waals surface area contributed by atoms with Gasteiger partial charge in [-0.05, 0) is 44.6 Å². The lowest BCUT2D eigenvalue weighted by Gasteiger charge is -2.27. The predicted octanol–water partition coefficient (Wildman–Crippen LogP) is 1.94. The molecule has 0 heterocycles. The second-order valence-corrected chi connectivity index (χ2v) is 5.89. The van der Waals surface area contributed by atoms with E-state index in [0.717, 1.165) is 24.8 Å². The molecule has 4 heteroatoms. The van der Waals surface area contributed by atoms with Crippen LogP contribution in [-0.4, -0.2) is 38.8 Å². The van der Waals surface area contributed by atoms with Crippen molar-refractivity contribution in [2.24, 2.45) is 11.8 Å². The number of carbonyl (C=O) groups excluding carboxylic acids is 1. The molecule has 4 nitrogen and oxygen atoms in total. The Morgan fingerprint density at radius 3 is 2.63 bits per heavy atom. The van der Waals surface area contributed by atoms with Gasteiger partial charge in [-0.15, -0.1) is 0 Å². The van der Waals surface area contributed by atoms with Crippen LogP contribution in [0.1, 0.15) is 46.0 Å². The first kappa shape index (κ1) is 16.4. The Morgan fingerprint density at radius 1 is 1.32 bits per heavy atom. The van der Waals surface area contributed by atoms with Gasteiger partial charge in [0.15, 0.2) is 0 Å². The second kappa shape index (κ2) is 9.32. The topological polar surface area (TPSA) is 50.4 Å². The normalized spacial score (nSPS) is 25.0.